The van der Waals surface area contributed by atoms with E-state index in [1.54, 1.807) is 0 Å². The van der Waals surface area contributed by atoms with Crippen LogP contribution in [0.1, 0.15) is 33.1 Å². The molecule has 0 saturated carbocycles. The monoisotopic (exact) mass is 236 g/mol. The largest absolute Gasteiger partial charge is 0.369 e. The third-order valence-electron chi connectivity index (χ3n) is 4.49. The Morgan fingerprint density at radius 3 is 2.88 bits per heavy atom. The van der Waals surface area contributed by atoms with Gasteiger partial charge < -0.3 is 10.6 Å². The molecule has 0 aromatic rings. The van der Waals surface area contributed by atoms with Crippen molar-refractivity contribution in [2.75, 3.05) is 19.6 Å². The molecule has 1 heterocycles. The van der Waals surface area contributed by atoms with Crippen LogP contribution in [0.25, 0.3) is 0 Å². The van der Waals surface area contributed by atoms with Crippen LogP contribution in [-0.4, -0.2) is 30.4 Å². The van der Waals surface area contributed by atoms with Crippen molar-refractivity contribution in [1.29, 1.82) is 0 Å². The lowest BCUT2D eigenvalue weighted by atomic mass is 9.80. The third kappa shape index (κ3) is 2.89. The number of likely N-dealkylation sites (tertiary alicyclic amines) is 1. The summed E-state index contributed by atoms with van der Waals surface area (Å²) in [5, 5.41) is 0. The number of carbonyl (C=O) groups is 1. The molecule has 17 heavy (non-hydrogen) atoms. The van der Waals surface area contributed by atoms with Gasteiger partial charge in [0.1, 0.15) is 0 Å². The molecular formula is C14H24N2O. The highest BCUT2D eigenvalue weighted by molar-refractivity contribution is 5.77. The fourth-order valence-electron chi connectivity index (χ4n) is 3.21. The van der Waals surface area contributed by atoms with Crippen molar-refractivity contribution in [3.05, 3.63) is 11.6 Å². The van der Waals surface area contributed by atoms with Crippen LogP contribution >= 0.6 is 0 Å². The van der Waals surface area contributed by atoms with Crippen LogP contribution in [0.2, 0.25) is 0 Å². The lowest BCUT2D eigenvalue weighted by Gasteiger charge is -2.32. The van der Waals surface area contributed by atoms with E-state index in [0.717, 1.165) is 32.0 Å². The maximum absolute atomic E-state index is 11.2. The van der Waals surface area contributed by atoms with Gasteiger partial charge in [-0.25, -0.2) is 0 Å². The van der Waals surface area contributed by atoms with Crippen LogP contribution in [0.4, 0.5) is 0 Å². The van der Waals surface area contributed by atoms with Crippen LogP contribution in [0, 0.1) is 17.8 Å². The molecule has 3 heteroatoms. The van der Waals surface area contributed by atoms with Crippen LogP contribution in [0.15, 0.2) is 11.6 Å². The first-order valence-electron chi connectivity index (χ1n) is 6.76. The van der Waals surface area contributed by atoms with Gasteiger partial charge in [0.25, 0.3) is 0 Å². The smallest absolute Gasteiger partial charge is 0.221 e. The van der Waals surface area contributed by atoms with Crippen molar-refractivity contribution in [1.82, 2.24) is 4.90 Å². The molecule has 2 N–H and O–H groups in total. The quantitative estimate of drug-likeness (QED) is 0.759. The second-order valence-electron chi connectivity index (χ2n) is 5.76. The fourth-order valence-corrected chi connectivity index (χ4v) is 3.21. The molecule has 1 aliphatic carbocycles. The molecule has 0 unspecified atom stereocenters. The van der Waals surface area contributed by atoms with Gasteiger partial charge in [0, 0.05) is 13.1 Å². The zero-order valence-corrected chi connectivity index (χ0v) is 11.0. The zero-order valence-electron chi connectivity index (χ0n) is 11.0. The minimum absolute atomic E-state index is 0.0817. The highest BCUT2D eigenvalue weighted by atomic mass is 16.1. The summed E-state index contributed by atoms with van der Waals surface area (Å²) in [5.41, 5.74) is 6.90. The van der Waals surface area contributed by atoms with Gasteiger partial charge in [-0.1, -0.05) is 18.6 Å². The molecule has 96 valence electrons. The number of rotatable bonds is 3. The molecule has 0 aromatic heterocycles. The summed E-state index contributed by atoms with van der Waals surface area (Å²) in [4.78, 5) is 13.6. The average molecular weight is 236 g/mol. The normalized spacial score (nSPS) is 34.7. The molecule has 3 atom stereocenters. The van der Waals surface area contributed by atoms with Gasteiger partial charge in [-0.15, -0.1) is 0 Å². The number of amides is 1. The van der Waals surface area contributed by atoms with E-state index in [4.69, 9.17) is 5.73 Å². The molecular weight excluding hydrogens is 212 g/mol. The molecule has 1 fully saturated rings. The topological polar surface area (TPSA) is 46.3 Å². The molecule has 0 aromatic carbocycles. The number of allylic oxidation sites excluding steroid dienone is 1. The summed E-state index contributed by atoms with van der Waals surface area (Å²) in [6.45, 7) is 7.61. The van der Waals surface area contributed by atoms with E-state index in [9.17, 15) is 4.79 Å². The molecule has 0 radical (unpaired) electrons. The third-order valence-corrected chi connectivity index (χ3v) is 4.49. The van der Waals surface area contributed by atoms with E-state index in [0.29, 0.717) is 5.92 Å². The van der Waals surface area contributed by atoms with Gasteiger partial charge in [-0.3, -0.25) is 4.79 Å². The van der Waals surface area contributed by atoms with Gasteiger partial charge in [0.05, 0.1) is 5.92 Å². The Bertz CT molecular complexity index is 324. The summed E-state index contributed by atoms with van der Waals surface area (Å²) >= 11 is 0. The highest BCUT2D eigenvalue weighted by Crippen LogP contribution is 2.31. The first-order valence-corrected chi connectivity index (χ1v) is 6.76. The maximum Gasteiger partial charge on any atom is 0.221 e. The molecule has 1 amide bonds. The van der Waals surface area contributed by atoms with Gasteiger partial charge in [-0.2, -0.15) is 0 Å². The number of carbonyl (C=O) groups excluding carboxylic acids is 1. The van der Waals surface area contributed by atoms with Crippen LogP contribution < -0.4 is 5.73 Å². The predicted octanol–water partition coefficient (Wildman–Crippen LogP) is 1.79. The first kappa shape index (κ1) is 12.6. The summed E-state index contributed by atoms with van der Waals surface area (Å²) in [7, 11) is 0. The predicted molar refractivity (Wildman–Crippen MR) is 69.4 cm³/mol. The van der Waals surface area contributed by atoms with E-state index < -0.39 is 0 Å². The van der Waals surface area contributed by atoms with Crippen LogP contribution in [-0.2, 0) is 4.79 Å². The van der Waals surface area contributed by atoms with Crippen molar-refractivity contribution in [2.24, 2.45) is 23.5 Å². The second-order valence-corrected chi connectivity index (χ2v) is 5.76. The maximum atomic E-state index is 11.2. The summed E-state index contributed by atoms with van der Waals surface area (Å²) in [6.07, 6.45) is 5.86. The lowest BCUT2D eigenvalue weighted by molar-refractivity contribution is -0.121. The van der Waals surface area contributed by atoms with E-state index in [1.807, 2.05) is 0 Å². The van der Waals surface area contributed by atoms with Crippen LogP contribution in [0.5, 0.6) is 0 Å². The first-order chi connectivity index (χ1) is 8.08. The van der Waals surface area contributed by atoms with E-state index >= 15 is 0 Å². The standard InChI is InChI=1S/C14H24N2O/c1-10-4-3-5-11(2)13(10)9-16-7-6-12(8-16)14(15)17/h4,11-13H,3,5-9H2,1-2H3,(H2,15,17)/t11-,12-,13-/m0/s1. The number of primary amides is 1. The molecule has 0 spiro atoms. The number of nitrogens with zero attached hydrogens (tertiary/aromatic N) is 1. The molecule has 0 bridgehead atoms. The molecule has 1 aliphatic heterocycles. The molecule has 2 rings (SSSR count). The summed E-state index contributed by atoms with van der Waals surface area (Å²) < 4.78 is 0. The van der Waals surface area contributed by atoms with Crippen molar-refractivity contribution in [3.63, 3.8) is 0 Å². The van der Waals surface area contributed by atoms with Crippen molar-refractivity contribution < 1.29 is 4.79 Å². The molecule has 1 saturated heterocycles. The minimum Gasteiger partial charge on any atom is -0.369 e. The number of nitrogens with two attached hydrogens (primary N) is 1. The van der Waals surface area contributed by atoms with Gasteiger partial charge in [0.15, 0.2) is 0 Å². The lowest BCUT2D eigenvalue weighted by Crippen LogP contribution is -2.34. The van der Waals surface area contributed by atoms with Crippen molar-refractivity contribution in [2.45, 2.75) is 33.1 Å². The highest BCUT2D eigenvalue weighted by Gasteiger charge is 2.30. The van der Waals surface area contributed by atoms with Gasteiger partial charge in [-0.05, 0) is 44.6 Å². The summed E-state index contributed by atoms with van der Waals surface area (Å²) in [5.74, 6) is 1.40. The Hall–Kier alpha value is -0.830. The Balaban J connectivity index is 1.91. The SMILES string of the molecule is CC1=CCC[C@H](C)[C@H]1CN1CC[C@H](C(N)=O)C1. The fraction of sp³-hybridized carbons (Fsp3) is 0.786. The van der Waals surface area contributed by atoms with E-state index in [2.05, 4.69) is 24.8 Å². The van der Waals surface area contributed by atoms with Crippen molar-refractivity contribution >= 4 is 5.91 Å². The average Bonchev–Trinajstić information content (AvgIpc) is 2.72. The van der Waals surface area contributed by atoms with Gasteiger partial charge in [0.2, 0.25) is 5.91 Å². The Labute approximate surface area is 104 Å². The number of hydrogen-bond acceptors (Lipinski definition) is 2. The number of hydrogen-bond donors (Lipinski definition) is 1. The van der Waals surface area contributed by atoms with E-state index in [1.165, 1.54) is 18.4 Å². The van der Waals surface area contributed by atoms with E-state index in [-0.39, 0.29) is 11.8 Å². The Kier molecular flexibility index (Phi) is 3.87. The Morgan fingerprint density at radius 2 is 2.29 bits per heavy atom. The zero-order chi connectivity index (χ0) is 12.4. The summed E-state index contributed by atoms with van der Waals surface area (Å²) in [6, 6.07) is 0. The second kappa shape index (κ2) is 5.21. The van der Waals surface area contributed by atoms with Crippen molar-refractivity contribution in [3.8, 4) is 0 Å². The van der Waals surface area contributed by atoms with Gasteiger partial charge >= 0.3 is 0 Å². The molecule has 2 aliphatic rings. The molecule has 3 nitrogen and oxygen atoms in total. The van der Waals surface area contributed by atoms with Crippen LogP contribution in [0.3, 0.4) is 0 Å². The Morgan fingerprint density at radius 1 is 1.53 bits per heavy atom. The minimum atomic E-state index is -0.128.